The fraction of sp³-hybridized carbons (Fsp3) is 0.0833. The van der Waals surface area contributed by atoms with Gasteiger partial charge in [0.25, 0.3) is 5.91 Å². The molecule has 1 aromatic carbocycles. The van der Waals surface area contributed by atoms with Crippen LogP contribution in [0.4, 0.5) is 0 Å². The van der Waals surface area contributed by atoms with Crippen molar-refractivity contribution in [3.05, 3.63) is 57.8 Å². The number of hydrogen-bond donors (Lipinski definition) is 2. The second-order valence-corrected chi connectivity index (χ2v) is 4.31. The summed E-state index contributed by atoms with van der Waals surface area (Å²) < 4.78 is 0. The van der Waals surface area contributed by atoms with Crippen molar-refractivity contribution < 1.29 is 4.79 Å². The van der Waals surface area contributed by atoms with E-state index in [4.69, 9.17) is 23.2 Å². The lowest BCUT2D eigenvalue weighted by molar-refractivity contribution is 0.0951. The van der Waals surface area contributed by atoms with E-state index in [9.17, 15) is 4.79 Å². The molecule has 1 amide bonds. The molecule has 0 aliphatic carbocycles. The van der Waals surface area contributed by atoms with E-state index in [0.29, 0.717) is 22.2 Å². The van der Waals surface area contributed by atoms with Crippen LogP contribution < -0.4 is 5.32 Å². The van der Waals surface area contributed by atoms with Gasteiger partial charge in [-0.3, -0.25) is 4.79 Å². The summed E-state index contributed by atoms with van der Waals surface area (Å²) in [6.45, 7) is 0.434. The largest absolute Gasteiger partial charge is 0.367 e. The van der Waals surface area contributed by atoms with Crippen LogP contribution in [0, 0.1) is 0 Å². The summed E-state index contributed by atoms with van der Waals surface area (Å²) in [6.07, 6.45) is 3.61. The molecule has 0 bridgehead atoms. The van der Waals surface area contributed by atoms with E-state index in [2.05, 4.69) is 10.3 Å². The van der Waals surface area contributed by atoms with Gasteiger partial charge in [-0.25, -0.2) is 0 Å². The maximum atomic E-state index is 11.9. The van der Waals surface area contributed by atoms with E-state index < -0.39 is 0 Å². The molecule has 0 aliphatic heterocycles. The molecule has 0 radical (unpaired) electrons. The molecule has 1 heterocycles. The molecule has 3 nitrogen and oxygen atoms in total. The first-order chi connectivity index (χ1) is 8.18. The van der Waals surface area contributed by atoms with Gasteiger partial charge >= 0.3 is 0 Å². The van der Waals surface area contributed by atoms with Gasteiger partial charge < -0.3 is 10.3 Å². The third kappa shape index (κ3) is 2.81. The Balaban J connectivity index is 2.10. The summed E-state index contributed by atoms with van der Waals surface area (Å²) in [6, 6.07) is 6.86. The van der Waals surface area contributed by atoms with Crippen LogP contribution in [0.1, 0.15) is 15.9 Å². The molecule has 2 rings (SSSR count). The fourth-order valence-electron chi connectivity index (χ4n) is 1.45. The van der Waals surface area contributed by atoms with Crippen molar-refractivity contribution >= 4 is 29.1 Å². The fourth-order valence-corrected chi connectivity index (χ4v) is 2.02. The Labute approximate surface area is 109 Å². The number of halogens is 2. The van der Waals surface area contributed by atoms with Crippen LogP contribution in [0.25, 0.3) is 0 Å². The number of carbonyl (C=O) groups is 1. The maximum Gasteiger partial charge on any atom is 0.254 e. The van der Waals surface area contributed by atoms with Crippen molar-refractivity contribution in [1.82, 2.24) is 10.3 Å². The number of nitrogens with one attached hydrogen (secondary N) is 2. The summed E-state index contributed by atoms with van der Waals surface area (Å²) in [5, 5.41) is 3.46. The van der Waals surface area contributed by atoms with Gasteiger partial charge in [0.15, 0.2) is 0 Å². The maximum absolute atomic E-state index is 11.9. The molecule has 5 heteroatoms. The summed E-state index contributed by atoms with van der Waals surface area (Å²) in [7, 11) is 0. The van der Waals surface area contributed by atoms with E-state index in [-0.39, 0.29) is 5.91 Å². The highest BCUT2D eigenvalue weighted by Gasteiger charge is 2.13. The van der Waals surface area contributed by atoms with Crippen LogP contribution in [-0.2, 0) is 6.54 Å². The molecule has 0 unspecified atom stereocenters. The normalized spacial score (nSPS) is 10.2. The summed E-state index contributed by atoms with van der Waals surface area (Å²) in [4.78, 5) is 14.8. The molecule has 0 spiro atoms. The molecule has 17 heavy (non-hydrogen) atoms. The molecule has 0 fully saturated rings. The minimum atomic E-state index is -0.276. The van der Waals surface area contributed by atoms with Gasteiger partial charge in [-0.05, 0) is 23.8 Å². The second kappa shape index (κ2) is 5.25. The van der Waals surface area contributed by atoms with Gasteiger partial charge in [-0.15, -0.1) is 0 Å². The third-order valence-electron chi connectivity index (χ3n) is 2.31. The van der Waals surface area contributed by atoms with E-state index >= 15 is 0 Å². The summed E-state index contributed by atoms with van der Waals surface area (Å²) in [5.74, 6) is -0.276. The van der Waals surface area contributed by atoms with Gasteiger partial charge in [-0.2, -0.15) is 0 Å². The lowest BCUT2D eigenvalue weighted by Gasteiger charge is -2.07. The molecule has 0 saturated carbocycles. The first-order valence-corrected chi connectivity index (χ1v) is 5.78. The third-order valence-corrected chi connectivity index (χ3v) is 2.94. The van der Waals surface area contributed by atoms with E-state index in [1.165, 1.54) is 0 Å². The Hall–Kier alpha value is -1.45. The Morgan fingerprint density at radius 3 is 2.53 bits per heavy atom. The minimum Gasteiger partial charge on any atom is -0.367 e. The number of amides is 1. The van der Waals surface area contributed by atoms with Crippen LogP contribution in [0.2, 0.25) is 10.0 Å². The zero-order valence-electron chi connectivity index (χ0n) is 8.84. The zero-order chi connectivity index (χ0) is 12.3. The van der Waals surface area contributed by atoms with Crippen molar-refractivity contribution in [2.75, 3.05) is 0 Å². The van der Waals surface area contributed by atoms with Crippen molar-refractivity contribution in [1.29, 1.82) is 0 Å². The van der Waals surface area contributed by atoms with Gasteiger partial charge in [-0.1, -0.05) is 29.3 Å². The highest BCUT2D eigenvalue weighted by Crippen LogP contribution is 2.23. The van der Waals surface area contributed by atoms with Crippen LogP contribution in [-0.4, -0.2) is 10.9 Å². The topological polar surface area (TPSA) is 44.9 Å². The summed E-state index contributed by atoms with van der Waals surface area (Å²) >= 11 is 11.9. The number of aromatic amines is 1. The SMILES string of the molecule is O=C(NCc1cc[nH]c1)c1c(Cl)cccc1Cl. The molecule has 0 atom stereocenters. The molecular formula is C12H10Cl2N2O. The smallest absolute Gasteiger partial charge is 0.254 e. The number of carbonyl (C=O) groups excluding carboxylic acids is 1. The standard InChI is InChI=1S/C12H10Cl2N2O/c13-9-2-1-3-10(14)11(9)12(17)16-7-8-4-5-15-6-8/h1-6,15H,7H2,(H,16,17). The van der Waals surface area contributed by atoms with Gasteiger partial charge in [0.05, 0.1) is 15.6 Å². The average Bonchev–Trinajstić information content (AvgIpc) is 2.79. The van der Waals surface area contributed by atoms with Gasteiger partial charge in [0.1, 0.15) is 0 Å². The monoisotopic (exact) mass is 268 g/mol. The predicted molar refractivity (Wildman–Crippen MR) is 68.4 cm³/mol. The predicted octanol–water partition coefficient (Wildman–Crippen LogP) is 3.25. The first kappa shape index (κ1) is 12.0. The highest BCUT2D eigenvalue weighted by molar-refractivity contribution is 6.39. The molecular weight excluding hydrogens is 259 g/mol. The molecule has 88 valence electrons. The number of H-pyrrole nitrogens is 1. The van der Waals surface area contributed by atoms with E-state index in [1.54, 1.807) is 24.4 Å². The highest BCUT2D eigenvalue weighted by atomic mass is 35.5. The number of rotatable bonds is 3. The minimum absolute atomic E-state index is 0.276. The van der Waals surface area contributed by atoms with E-state index in [0.717, 1.165) is 5.56 Å². The lowest BCUT2D eigenvalue weighted by atomic mass is 10.2. The molecule has 2 aromatic rings. The van der Waals surface area contributed by atoms with Crippen LogP contribution in [0.15, 0.2) is 36.7 Å². The quantitative estimate of drug-likeness (QED) is 0.882. The molecule has 2 N–H and O–H groups in total. The number of hydrogen-bond acceptors (Lipinski definition) is 1. The van der Waals surface area contributed by atoms with Gasteiger partial charge in [0.2, 0.25) is 0 Å². The average molecular weight is 269 g/mol. The second-order valence-electron chi connectivity index (χ2n) is 3.50. The van der Waals surface area contributed by atoms with E-state index in [1.807, 2.05) is 12.3 Å². The first-order valence-electron chi connectivity index (χ1n) is 5.02. The zero-order valence-corrected chi connectivity index (χ0v) is 10.3. The van der Waals surface area contributed by atoms with Gasteiger partial charge in [0, 0.05) is 18.9 Å². The molecule has 1 aromatic heterocycles. The Morgan fingerprint density at radius 1 is 1.24 bits per heavy atom. The van der Waals surface area contributed by atoms with Crippen molar-refractivity contribution in [3.63, 3.8) is 0 Å². The molecule has 0 aliphatic rings. The van der Waals surface area contributed by atoms with Crippen LogP contribution in [0.3, 0.4) is 0 Å². The Kier molecular flexibility index (Phi) is 3.71. The molecule has 0 saturated heterocycles. The van der Waals surface area contributed by atoms with Crippen molar-refractivity contribution in [2.45, 2.75) is 6.54 Å². The summed E-state index contributed by atoms with van der Waals surface area (Å²) in [5.41, 5.74) is 1.30. The van der Waals surface area contributed by atoms with Crippen molar-refractivity contribution in [2.24, 2.45) is 0 Å². The number of benzene rings is 1. The van der Waals surface area contributed by atoms with Crippen molar-refractivity contribution in [3.8, 4) is 0 Å². The number of aromatic nitrogens is 1. The lowest BCUT2D eigenvalue weighted by Crippen LogP contribution is -2.23. The van der Waals surface area contributed by atoms with Crippen LogP contribution in [0.5, 0.6) is 0 Å². The van der Waals surface area contributed by atoms with Crippen LogP contribution >= 0.6 is 23.2 Å². The Morgan fingerprint density at radius 2 is 1.94 bits per heavy atom. The Bertz CT molecular complexity index is 503.